The lowest BCUT2D eigenvalue weighted by Gasteiger charge is -1.76. The van der Waals surface area contributed by atoms with Gasteiger partial charge in [-0.15, -0.1) is 6.58 Å². The van der Waals surface area contributed by atoms with Gasteiger partial charge in [-0.1, -0.05) is 6.08 Å². The molecule has 0 saturated heterocycles. The minimum Gasteiger partial charge on any atom is -0.290 e. The summed E-state index contributed by atoms with van der Waals surface area (Å²) in [6.45, 7) is 3.68. The minimum atomic E-state index is -0.276. The average Bonchev–Trinajstić information content (AvgIpc) is 1.61. The van der Waals surface area contributed by atoms with Crippen LogP contribution in [0.15, 0.2) is 12.7 Å². The molecule has 0 radical (unpaired) electrons. The molecule has 0 rings (SSSR count). The van der Waals surface area contributed by atoms with E-state index in [0.29, 0.717) is 6.61 Å². The van der Waals surface area contributed by atoms with Crippen LogP contribution in [0.25, 0.3) is 0 Å². The lowest BCUT2D eigenvalue weighted by molar-refractivity contribution is 0.387. The minimum absolute atomic E-state index is 0.276. The van der Waals surface area contributed by atoms with Gasteiger partial charge in [0.2, 0.25) is 0 Å². The monoisotopic (exact) mass is 104 g/mol. The van der Waals surface area contributed by atoms with E-state index < -0.39 is 0 Å². The molecule has 0 fully saturated rings. The van der Waals surface area contributed by atoms with Crippen molar-refractivity contribution in [2.75, 3.05) is 6.61 Å². The van der Waals surface area contributed by atoms with E-state index in [1.54, 1.807) is 0 Å². The van der Waals surface area contributed by atoms with Crippen molar-refractivity contribution in [3.05, 3.63) is 12.7 Å². The van der Waals surface area contributed by atoms with Gasteiger partial charge in [0.05, 0.1) is 6.61 Å². The van der Waals surface area contributed by atoms with Crippen LogP contribution in [0.4, 0.5) is 0 Å². The highest BCUT2D eigenvalue weighted by Crippen LogP contribution is 1.90. The van der Waals surface area contributed by atoms with E-state index in [0.717, 1.165) is 0 Å². The van der Waals surface area contributed by atoms with Crippen LogP contribution < -0.4 is 0 Å². The molecule has 3 heteroatoms. The lowest BCUT2D eigenvalue weighted by atomic mass is 10.7. The standard InChI is InChI=1S/C3H5O2P/c1-2-3-5-6-4/h2H,1,3H2. The Hall–Kier alpha value is -0.200. The summed E-state index contributed by atoms with van der Waals surface area (Å²) in [6, 6.07) is 0. The predicted octanol–water partition coefficient (Wildman–Crippen LogP) is 1.40. The zero-order chi connectivity index (χ0) is 4.83. The van der Waals surface area contributed by atoms with E-state index in [-0.39, 0.29) is 8.69 Å². The summed E-state index contributed by atoms with van der Waals surface area (Å²) < 4.78 is 13.7. The maximum absolute atomic E-state index is 9.39. The first-order valence-electron chi connectivity index (χ1n) is 1.47. The molecule has 0 bridgehead atoms. The van der Waals surface area contributed by atoms with Gasteiger partial charge in [-0.05, 0) is 0 Å². The topological polar surface area (TPSA) is 26.3 Å². The number of rotatable bonds is 3. The molecule has 0 aliphatic rings. The van der Waals surface area contributed by atoms with Crippen LogP contribution in [-0.4, -0.2) is 6.61 Å². The van der Waals surface area contributed by atoms with E-state index in [9.17, 15) is 4.57 Å². The second kappa shape index (κ2) is 4.80. The molecule has 0 unspecified atom stereocenters. The average molecular weight is 104 g/mol. The van der Waals surface area contributed by atoms with Crippen molar-refractivity contribution in [3.8, 4) is 0 Å². The summed E-state index contributed by atoms with van der Waals surface area (Å²) in [4.78, 5) is 0. The molecule has 0 aliphatic heterocycles. The first-order chi connectivity index (χ1) is 2.91. The van der Waals surface area contributed by atoms with Crippen molar-refractivity contribution in [2.24, 2.45) is 0 Å². The molecular formula is C3H5O2P. The van der Waals surface area contributed by atoms with Gasteiger partial charge < -0.3 is 0 Å². The summed E-state index contributed by atoms with van der Waals surface area (Å²) in [5.74, 6) is 0. The van der Waals surface area contributed by atoms with Crippen LogP contribution in [0, 0.1) is 0 Å². The van der Waals surface area contributed by atoms with Crippen molar-refractivity contribution >= 4 is 8.69 Å². The maximum Gasteiger partial charge on any atom is 0.327 e. The largest absolute Gasteiger partial charge is 0.327 e. The fourth-order valence-electron chi connectivity index (χ4n) is 0.0831. The molecule has 0 atom stereocenters. The normalized spacial score (nSPS) is 8.67. The van der Waals surface area contributed by atoms with E-state index in [2.05, 4.69) is 11.1 Å². The predicted molar refractivity (Wildman–Crippen MR) is 23.8 cm³/mol. The van der Waals surface area contributed by atoms with Crippen molar-refractivity contribution in [1.29, 1.82) is 0 Å². The highest BCUT2D eigenvalue weighted by atomic mass is 31.1. The second-order valence-corrected chi connectivity index (χ2v) is 1.07. The lowest BCUT2D eigenvalue weighted by Crippen LogP contribution is -1.69. The van der Waals surface area contributed by atoms with Crippen molar-refractivity contribution in [1.82, 2.24) is 0 Å². The molecule has 6 heavy (non-hydrogen) atoms. The van der Waals surface area contributed by atoms with Crippen LogP contribution in [0.2, 0.25) is 0 Å². The summed E-state index contributed by atoms with van der Waals surface area (Å²) in [5.41, 5.74) is 0. The van der Waals surface area contributed by atoms with E-state index in [1.165, 1.54) is 6.08 Å². The molecule has 0 N–H and O–H groups in total. The Morgan fingerprint density at radius 1 is 2.00 bits per heavy atom. The molecule has 0 aliphatic carbocycles. The van der Waals surface area contributed by atoms with E-state index >= 15 is 0 Å². The SMILES string of the molecule is C=CCOP=O. The van der Waals surface area contributed by atoms with E-state index in [1.807, 2.05) is 0 Å². The van der Waals surface area contributed by atoms with Gasteiger partial charge in [0.1, 0.15) is 0 Å². The van der Waals surface area contributed by atoms with Gasteiger partial charge in [-0.3, -0.25) is 4.52 Å². The molecule has 0 amide bonds. The van der Waals surface area contributed by atoms with Crippen LogP contribution in [0.1, 0.15) is 0 Å². The summed E-state index contributed by atoms with van der Waals surface area (Å²) in [6.07, 6.45) is 1.53. The van der Waals surface area contributed by atoms with Gasteiger partial charge >= 0.3 is 8.69 Å². The van der Waals surface area contributed by atoms with Crippen molar-refractivity contribution in [3.63, 3.8) is 0 Å². The third-order valence-electron chi connectivity index (χ3n) is 0.245. The fraction of sp³-hybridized carbons (Fsp3) is 0.333. The second-order valence-electron chi connectivity index (χ2n) is 0.659. The first kappa shape index (κ1) is 5.80. The molecule has 34 valence electrons. The molecule has 0 aromatic heterocycles. The zero-order valence-corrected chi connectivity index (χ0v) is 4.15. The molecule has 0 aromatic carbocycles. The maximum atomic E-state index is 9.39. The summed E-state index contributed by atoms with van der Waals surface area (Å²) in [7, 11) is -0.276. The van der Waals surface area contributed by atoms with Crippen LogP contribution in [0.3, 0.4) is 0 Å². The van der Waals surface area contributed by atoms with Crippen LogP contribution in [-0.2, 0) is 9.09 Å². The number of hydrogen-bond donors (Lipinski definition) is 0. The van der Waals surface area contributed by atoms with Gasteiger partial charge in [-0.25, -0.2) is 4.57 Å². The first-order valence-corrected chi connectivity index (χ1v) is 2.20. The van der Waals surface area contributed by atoms with Crippen LogP contribution in [0.5, 0.6) is 0 Å². The third-order valence-corrected chi connectivity index (χ3v) is 0.500. The molecule has 0 saturated carbocycles. The summed E-state index contributed by atoms with van der Waals surface area (Å²) in [5, 5.41) is 0. The molecular weight excluding hydrogens is 99.0 g/mol. The van der Waals surface area contributed by atoms with Gasteiger partial charge in [-0.2, -0.15) is 0 Å². The molecule has 2 nitrogen and oxygen atoms in total. The highest BCUT2D eigenvalue weighted by Gasteiger charge is 1.69. The Morgan fingerprint density at radius 2 is 2.67 bits per heavy atom. The molecule has 0 spiro atoms. The number of hydrogen-bond acceptors (Lipinski definition) is 2. The zero-order valence-electron chi connectivity index (χ0n) is 3.26. The van der Waals surface area contributed by atoms with Gasteiger partial charge in [0.25, 0.3) is 0 Å². The Labute approximate surface area is 38.1 Å². The van der Waals surface area contributed by atoms with Crippen LogP contribution >= 0.6 is 8.69 Å². The van der Waals surface area contributed by atoms with Crippen molar-refractivity contribution < 1.29 is 9.09 Å². The Balaban J connectivity index is 2.66. The molecule has 0 heterocycles. The van der Waals surface area contributed by atoms with Gasteiger partial charge in [0, 0.05) is 0 Å². The third kappa shape index (κ3) is 3.80. The summed E-state index contributed by atoms with van der Waals surface area (Å²) >= 11 is 0. The smallest absolute Gasteiger partial charge is 0.290 e. The molecule has 0 aromatic rings. The Kier molecular flexibility index (Phi) is 4.64. The Bertz CT molecular complexity index is 44.8. The quantitative estimate of drug-likeness (QED) is 0.307. The Morgan fingerprint density at radius 3 is 2.83 bits per heavy atom. The van der Waals surface area contributed by atoms with E-state index in [4.69, 9.17) is 0 Å². The highest BCUT2D eigenvalue weighted by molar-refractivity contribution is 7.17. The fourth-order valence-corrected chi connectivity index (χ4v) is 0.249. The van der Waals surface area contributed by atoms with Crippen molar-refractivity contribution in [2.45, 2.75) is 0 Å². The van der Waals surface area contributed by atoms with Gasteiger partial charge in [0.15, 0.2) is 0 Å².